The standard InChI is InChI=1S/C14H21NOS/c1-11-10-12(17(2)16)7-8-13(11)14-6-4-3-5-9-15-14/h7-8,10,14-15H,3-6,9H2,1-2H3. The molecule has 0 aromatic heterocycles. The molecule has 2 nitrogen and oxygen atoms in total. The van der Waals surface area contributed by atoms with Crippen LogP contribution in [0.25, 0.3) is 0 Å². The highest BCUT2D eigenvalue weighted by molar-refractivity contribution is 7.84. The molecule has 1 heterocycles. The van der Waals surface area contributed by atoms with Gasteiger partial charge in [-0.05, 0) is 49.6 Å². The Balaban J connectivity index is 2.22. The van der Waals surface area contributed by atoms with Crippen molar-refractivity contribution in [2.24, 2.45) is 0 Å². The Morgan fingerprint density at radius 2 is 2.12 bits per heavy atom. The molecule has 94 valence electrons. The summed E-state index contributed by atoms with van der Waals surface area (Å²) in [5.74, 6) is 0. The molecule has 2 atom stereocenters. The number of hydrogen-bond donors (Lipinski definition) is 1. The van der Waals surface area contributed by atoms with Crippen LogP contribution in [0.1, 0.15) is 42.9 Å². The van der Waals surface area contributed by atoms with E-state index in [9.17, 15) is 4.21 Å². The van der Waals surface area contributed by atoms with Crippen LogP contribution in [0.2, 0.25) is 0 Å². The zero-order chi connectivity index (χ0) is 12.3. The number of hydrogen-bond acceptors (Lipinski definition) is 2. The van der Waals surface area contributed by atoms with Gasteiger partial charge in [0.25, 0.3) is 0 Å². The third kappa shape index (κ3) is 3.17. The molecule has 2 rings (SSSR count). The summed E-state index contributed by atoms with van der Waals surface area (Å²) in [4.78, 5) is 0.930. The Hall–Kier alpha value is -0.670. The molecule has 0 bridgehead atoms. The van der Waals surface area contributed by atoms with E-state index in [4.69, 9.17) is 0 Å². The lowest BCUT2D eigenvalue weighted by atomic mass is 9.98. The van der Waals surface area contributed by atoms with E-state index in [-0.39, 0.29) is 0 Å². The summed E-state index contributed by atoms with van der Waals surface area (Å²) >= 11 is 0. The lowest BCUT2D eigenvalue weighted by molar-refractivity contribution is 0.532. The minimum Gasteiger partial charge on any atom is -0.310 e. The van der Waals surface area contributed by atoms with Gasteiger partial charge in [-0.3, -0.25) is 4.21 Å². The minimum absolute atomic E-state index is 0.483. The van der Waals surface area contributed by atoms with Crippen LogP contribution >= 0.6 is 0 Å². The fourth-order valence-corrected chi connectivity index (χ4v) is 3.11. The first-order chi connectivity index (χ1) is 8.18. The van der Waals surface area contributed by atoms with Gasteiger partial charge in [0.15, 0.2) is 0 Å². The van der Waals surface area contributed by atoms with Gasteiger partial charge in [-0.15, -0.1) is 0 Å². The smallest absolute Gasteiger partial charge is 0.0498 e. The van der Waals surface area contributed by atoms with E-state index >= 15 is 0 Å². The Morgan fingerprint density at radius 1 is 1.29 bits per heavy atom. The first kappa shape index (κ1) is 12.8. The fraction of sp³-hybridized carbons (Fsp3) is 0.571. The van der Waals surface area contributed by atoms with Crippen molar-refractivity contribution in [1.82, 2.24) is 5.32 Å². The van der Waals surface area contributed by atoms with Crippen LogP contribution in [0.4, 0.5) is 0 Å². The number of aryl methyl sites for hydroxylation is 1. The highest BCUT2D eigenvalue weighted by Crippen LogP contribution is 2.26. The molecule has 1 fully saturated rings. The van der Waals surface area contributed by atoms with E-state index in [1.165, 1.54) is 36.8 Å². The molecule has 1 N–H and O–H groups in total. The zero-order valence-corrected chi connectivity index (χ0v) is 11.5. The van der Waals surface area contributed by atoms with Crippen LogP contribution < -0.4 is 5.32 Å². The Morgan fingerprint density at radius 3 is 2.82 bits per heavy atom. The molecule has 2 unspecified atom stereocenters. The predicted molar refractivity (Wildman–Crippen MR) is 72.7 cm³/mol. The normalized spacial score (nSPS) is 23.1. The topological polar surface area (TPSA) is 29.1 Å². The lowest BCUT2D eigenvalue weighted by Gasteiger charge is -2.19. The van der Waals surface area contributed by atoms with Gasteiger partial charge in [0.2, 0.25) is 0 Å². The molecular formula is C14H21NOS. The second kappa shape index (κ2) is 5.78. The second-order valence-corrected chi connectivity index (χ2v) is 6.21. The third-order valence-corrected chi connectivity index (χ3v) is 4.43. The quantitative estimate of drug-likeness (QED) is 0.875. The minimum atomic E-state index is -0.876. The van der Waals surface area contributed by atoms with E-state index in [0.717, 1.165) is 11.4 Å². The van der Waals surface area contributed by atoms with Gasteiger partial charge >= 0.3 is 0 Å². The van der Waals surface area contributed by atoms with Crippen LogP contribution in [0, 0.1) is 6.92 Å². The van der Waals surface area contributed by atoms with Gasteiger partial charge in [0.1, 0.15) is 0 Å². The maximum Gasteiger partial charge on any atom is 0.0498 e. The van der Waals surface area contributed by atoms with Crippen molar-refractivity contribution in [2.45, 2.75) is 43.5 Å². The van der Waals surface area contributed by atoms with E-state index in [2.05, 4.69) is 24.4 Å². The average Bonchev–Trinajstić information content (AvgIpc) is 2.57. The SMILES string of the molecule is Cc1cc(S(C)=O)ccc1C1CCCCCN1. The molecular weight excluding hydrogens is 230 g/mol. The Labute approximate surface area is 106 Å². The van der Waals surface area contributed by atoms with E-state index in [0.29, 0.717) is 6.04 Å². The van der Waals surface area contributed by atoms with E-state index in [1.807, 2.05) is 6.07 Å². The van der Waals surface area contributed by atoms with Gasteiger partial charge in [-0.1, -0.05) is 18.9 Å². The van der Waals surface area contributed by atoms with Crippen LogP contribution in [0.5, 0.6) is 0 Å². The second-order valence-electron chi connectivity index (χ2n) is 4.83. The molecule has 1 saturated heterocycles. The molecule has 17 heavy (non-hydrogen) atoms. The highest BCUT2D eigenvalue weighted by Gasteiger charge is 2.15. The van der Waals surface area contributed by atoms with Crippen LogP contribution in [-0.2, 0) is 10.8 Å². The van der Waals surface area contributed by atoms with Crippen molar-refractivity contribution in [2.75, 3.05) is 12.8 Å². The molecule has 3 heteroatoms. The van der Waals surface area contributed by atoms with Crippen LogP contribution in [-0.4, -0.2) is 17.0 Å². The molecule has 0 aliphatic carbocycles. The molecule has 0 amide bonds. The van der Waals surface area contributed by atoms with Crippen molar-refractivity contribution in [1.29, 1.82) is 0 Å². The summed E-state index contributed by atoms with van der Waals surface area (Å²) in [6.45, 7) is 3.24. The van der Waals surface area contributed by atoms with Gasteiger partial charge in [0.05, 0.1) is 0 Å². The first-order valence-electron chi connectivity index (χ1n) is 6.36. The van der Waals surface area contributed by atoms with Gasteiger partial charge < -0.3 is 5.32 Å². The van der Waals surface area contributed by atoms with Gasteiger partial charge in [0, 0.05) is 28.0 Å². The van der Waals surface area contributed by atoms with E-state index in [1.54, 1.807) is 6.26 Å². The predicted octanol–water partition coefficient (Wildman–Crippen LogP) is 2.94. The first-order valence-corrected chi connectivity index (χ1v) is 7.91. The van der Waals surface area contributed by atoms with Crippen molar-refractivity contribution in [3.05, 3.63) is 29.3 Å². The molecule has 1 aliphatic heterocycles. The van der Waals surface area contributed by atoms with Crippen molar-refractivity contribution < 1.29 is 4.21 Å². The third-order valence-electron chi connectivity index (χ3n) is 3.51. The Bertz CT molecular complexity index is 409. The molecule has 0 saturated carbocycles. The van der Waals surface area contributed by atoms with Crippen LogP contribution in [0.3, 0.4) is 0 Å². The Kier molecular flexibility index (Phi) is 4.35. The lowest BCUT2D eigenvalue weighted by Crippen LogP contribution is -2.21. The zero-order valence-electron chi connectivity index (χ0n) is 10.7. The number of nitrogens with one attached hydrogen (secondary N) is 1. The largest absolute Gasteiger partial charge is 0.310 e. The summed E-state index contributed by atoms with van der Waals surface area (Å²) in [6.07, 6.45) is 6.87. The van der Waals surface area contributed by atoms with Crippen LogP contribution in [0.15, 0.2) is 23.1 Å². The van der Waals surface area contributed by atoms with Gasteiger partial charge in [-0.2, -0.15) is 0 Å². The molecule has 1 aliphatic rings. The maximum absolute atomic E-state index is 11.4. The van der Waals surface area contributed by atoms with E-state index < -0.39 is 10.8 Å². The van der Waals surface area contributed by atoms with Crippen molar-refractivity contribution in [3.63, 3.8) is 0 Å². The summed E-state index contributed by atoms with van der Waals surface area (Å²) in [6, 6.07) is 6.70. The summed E-state index contributed by atoms with van der Waals surface area (Å²) < 4.78 is 11.4. The summed E-state index contributed by atoms with van der Waals surface area (Å²) in [5.41, 5.74) is 2.64. The average molecular weight is 251 g/mol. The summed E-state index contributed by atoms with van der Waals surface area (Å²) in [5, 5.41) is 3.61. The molecule has 1 aromatic rings. The highest BCUT2D eigenvalue weighted by atomic mass is 32.2. The molecule has 0 spiro atoms. The number of benzene rings is 1. The van der Waals surface area contributed by atoms with Crippen molar-refractivity contribution in [3.8, 4) is 0 Å². The van der Waals surface area contributed by atoms with Gasteiger partial charge in [-0.25, -0.2) is 0 Å². The van der Waals surface area contributed by atoms with Crippen molar-refractivity contribution >= 4 is 10.8 Å². The summed E-state index contributed by atoms with van der Waals surface area (Å²) in [7, 11) is -0.876. The monoisotopic (exact) mass is 251 g/mol. The fourth-order valence-electron chi connectivity index (χ4n) is 2.51. The molecule has 0 radical (unpaired) electrons. The number of rotatable bonds is 2. The molecule has 1 aromatic carbocycles. The maximum atomic E-state index is 11.4.